The molecule has 0 aromatic carbocycles. The minimum Gasteiger partial charge on any atom is -0.370 e. The van der Waals surface area contributed by atoms with Crippen LogP contribution in [0.4, 0.5) is 5.82 Å². The predicted octanol–water partition coefficient (Wildman–Crippen LogP) is 2.64. The van der Waals surface area contributed by atoms with Gasteiger partial charge in [0.1, 0.15) is 5.82 Å². The van der Waals surface area contributed by atoms with E-state index >= 15 is 0 Å². The fourth-order valence-electron chi connectivity index (χ4n) is 1.75. The molecule has 18 heavy (non-hydrogen) atoms. The first-order chi connectivity index (χ1) is 8.67. The number of rotatable bonds is 7. The van der Waals surface area contributed by atoms with Crippen molar-refractivity contribution in [2.45, 2.75) is 39.8 Å². The Kier molecular flexibility index (Phi) is 6.16. The third-order valence-corrected chi connectivity index (χ3v) is 2.81. The summed E-state index contributed by atoms with van der Waals surface area (Å²) in [6.45, 7) is 8.89. The van der Waals surface area contributed by atoms with Crippen molar-refractivity contribution in [1.82, 2.24) is 9.88 Å². The number of anilines is 1. The Morgan fingerprint density at radius 3 is 2.72 bits per heavy atom. The van der Waals surface area contributed by atoms with E-state index in [2.05, 4.69) is 48.1 Å². The highest BCUT2D eigenvalue weighted by molar-refractivity contribution is 5.35. The highest BCUT2D eigenvalue weighted by atomic mass is 15.1. The monoisotopic (exact) mass is 246 g/mol. The van der Waals surface area contributed by atoms with Crippen molar-refractivity contribution in [3.63, 3.8) is 0 Å². The smallest absolute Gasteiger partial charge is 0.125 e. The summed E-state index contributed by atoms with van der Waals surface area (Å²) >= 11 is 0. The second kappa shape index (κ2) is 7.67. The molecular formula is C14H22N4. The van der Waals surface area contributed by atoms with E-state index in [0.29, 0.717) is 12.5 Å². The van der Waals surface area contributed by atoms with E-state index in [9.17, 15) is 0 Å². The molecule has 0 aliphatic rings. The lowest BCUT2D eigenvalue weighted by atomic mass is 10.2. The van der Waals surface area contributed by atoms with Gasteiger partial charge in [0.05, 0.1) is 6.07 Å². The lowest BCUT2D eigenvalue weighted by molar-refractivity contribution is 0.217. The summed E-state index contributed by atoms with van der Waals surface area (Å²) in [7, 11) is 0. The van der Waals surface area contributed by atoms with Gasteiger partial charge in [-0.25, -0.2) is 4.98 Å². The van der Waals surface area contributed by atoms with Gasteiger partial charge in [-0.2, -0.15) is 5.26 Å². The van der Waals surface area contributed by atoms with Gasteiger partial charge in [0.25, 0.3) is 0 Å². The first kappa shape index (κ1) is 14.5. The summed E-state index contributed by atoms with van der Waals surface area (Å²) < 4.78 is 0. The molecule has 1 N–H and O–H groups in total. The third-order valence-electron chi connectivity index (χ3n) is 2.81. The zero-order valence-corrected chi connectivity index (χ0v) is 11.5. The van der Waals surface area contributed by atoms with Gasteiger partial charge >= 0.3 is 0 Å². The van der Waals surface area contributed by atoms with Crippen molar-refractivity contribution in [1.29, 1.82) is 5.26 Å². The second-order valence-corrected chi connectivity index (χ2v) is 4.55. The number of hydrogen-bond acceptors (Lipinski definition) is 4. The van der Waals surface area contributed by atoms with Crippen LogP contribution in [0.25, 0.3) is 0 Å². The molecule has 1 aromatic heterocycles. The summed E-state index contributed by atoms with van der Waals surface area (Å²) in [6, 6.07) is 6.73. The highest BCUT2D eigenvalue weighted by Crippen LogP contribution is 2.10. The Labute approximate surface area is 110 Å². The van der Waals surface area contributed by atoms with Crippen molar-refractivity contribution in [3.05, 3.63) is 23.9 Å². The van der Waals surface area contributed by atoms with Crippen molar-refractivity contribution >= 4 is 5.82 Å². The summed E-state index contributed by atoms with van der Waals surface area (Å²) in [6.07, 6.45) is 2.47. The van der Waals surface area contributed by atoms with Gasteiger partial charge in [-0.05, 0) is 32.4 Å². The maximum Gasteiger partial charge on any atom is 0.125 e. The molecule has 0 radical (unpaired) electrons. The standard InChI is InChI=1S/C14H22N4/c1-4-16-14-7-6-13(10-17-14)11-18(12(2)3)9-5-8-15/h6-7,10,12H,4-5,9,11H2,1-3H3,(H,16,17). The summed E-state index contributed by atoms with van der Waals surface area (Å²) in [5, 5.41) is 11.8. The fourth-order valence-corrected chi connectivity index (χ4v) is 1.75. The van der Waals surface area contributed by atoms with E-state index in [1.165, 1.54) is 5.56 Å². The van der Waals surface area contributed by atoms with Crippen LogP contribution in [-0.4, -0.2) is 29.0 Å². The van der Waals surface area contributed by atoms with Crippen molar-refractivity contribution < 1.29 is 0 Å². The molecule has 0 aliphatic heterocycles. The maximum atomic E-state index is 8.66. The van der Waals surface area contributed by atoms with Crippen molar-refractivity contribution in [2.75, 3.05) is 18.4 Å². The van der Waals surface area contributed by atoms with E-state index in [0.717, 1.165) is 25.5 Å². The SMILES string of the molecule is CCNc1ccc(CN(CCC#N)C(C)C)cn1. The molecule has 0 saturated carbocycles. The molecule has 0 saturated heterocycles. The van der Waals surface area contributed by atoms with Gasteiger partial charge in [-0.1, -0.05) is 6.07 Å². The van der Waals surface area contributed by atoms with Crippen LogP contribution >= 0.6 is 0 Å². The van der Waals surface area contributed by atoms with Gasteiger partial charge in [0, 0.05) is 38.3 Å². The summed E-state index contributed by atoms with van der Waals surface area (Å²) in [4.78, 5) is 6.64. The van der Waals surface area contributed by atoms with Crippen LogP contribution in [0.2, 0.25) is 0 Å². The van der Waals surface area contributed by atoms with Crippen LogP contribution in [0, 0.1) is 11.3 Å². The predicted molar refractivity (Wildman–Crippen MR) is 74.2 cm³/mol. The Morgan fingerprint density at radius 1 is 1.44 bits per heavy atom. The zero-order chi connectivity index (χ0) is 13.4. The Bertz CT molecular complexity index is 378. The molecule has 1 aromatic rings. The van der Waals surface area contributed by atoms with Crippen LogP contribution in [0.5, 0.6) is 0 Å². The Balaban J connectivity index is 2.60. The van der Waals surface area contributed by atoms with Crippen LogP contribution in [0.1, 0.15) is 32.8 Å². The van der Waals surface area contributed by atoms with Crippen LogP contribution in [0.3, 0.4) is 0 Å². The number of nitriles is 1. The molecular weight excluding hydrogens is 224 g/mol. The van der Waals surface area contributed by atoms with Crippen LogP contribution < -0.4 is 5.32 Å². The van der Waals surface area contributed by atoms with Crippen molar-refractivity contribution in [2.24, 2.45) is 0 Å². The fraction of sp³-hybridized carbons (Fsp3) is 0.571. The average molecular weight is 246 g/mol. The quantitative estimate of drug-likeness (QED) is 0.803. The highest BCUT2D eigenvalue weighted by Gasteiger charge is 2.09. The number of nitrogens with zero attached hydrogens (tertiary/aromatic N) is 3. The molecule has 4 heteroatoms. The maximum absolute atomic E-state index is 8.66. The number of hydrogen-bond donors (Lipinski definition) is 1. The van der Waals surface area contributed by atoms with Gasteiger partial charge in [0.15, 0.2) is 0 Å². The molecule has 0 spiro atoms. The van der Waals surface area contributed by atoms with Gasteiger partial charge in [0.2, 0.25) is 0 Å². The van der Waals surface area contributed by atoms with Gasteiger partial charge in [-0.3, -0.25) is 4.90 Å². The average Bonchev–Trinajstić information content (AvgIpc) is 2.36. The molecule has 0 amide bonds. The van der Waals surface area contributed by atoms with E-state index in [4.69, 9.17) is 5.26 Å². The number of nitrogens with one attached hydrogen (secondary N) is 1. The lowest BCUT2D eigenvalue weighted by Crippen LogP contribution is -2.31. The van der Waals surface area contributed by atoms with E-state index in [1.54, 1.807) is 0 Å². The molecule has 0 bridgehead atoms. The molecule has 4 nitrogen and oxygen atoms in total. The molecule has 0 unspecified atom stereocenters. The van der Waals surface area contributed by atoms with Gasteiger partial charge in [-0.15, -0.1) is 0 Å². The number of aromatic nitrogens is 1. The molecule has 0 atom stereocenters. The molecule has 1 rings (SSSR count). The Hall–Kier alpha value is -1.60. The third kappa shape index (κ3) is 4.72. The minimum atomic E-state index is 0.437. The van der Waals surface area contributed by atoms with Crippen LogP contribution in [0.15, 0.2) is 18.3 Å². The van der Waals surface area contributed by atoms with Crippen LogP contribution in [-0.2, 0) is 6.54 Å². The van der Waals surface area contributed by atoms with E-state index in [-0.39, 0.29) is 0 Å². The Morgan fingerprint density at radius 2 is 2.22 bits per heavy atom. The molecule has 0 fully saturated rings. The van der Waals surface area contributed by atoms with Gasteiger partial charge < -0.3 is 5.32 Å². The summed E-state index contributed by atoms with van der Waals surface area (Å²) in [5.74, 6) is 0.911. The molecule has 0 aliphatic carbocycles. The first-order valence-corrected chi connectivity index (χ1v) is 6.47. The first-order valence-electron chi connectivity index (χ1n) is 6.47. The van der Waals surface area contributed by atoms with Crippen molar-refractivity contribution in [3.8, 4) is 6.07 Å². The minimum absolute atomic E-state index is 0.437. The normalized spacial score (nSPS) is 10.7. The lowest BCUT2D eigenvalue weighted by Gasteiger charge is -2.25. The topological polar surface area (TPSA) is 52.0 Å². The number of pyridine rings is 1. The largest absolute Gasteiger partial charge is 0.370 e. The zero-order valence-electron chi connectivity index (χ0n) is 11.5. The second-order valence-electron chi connectivity index (χ2n) is 4.55. The van der Waals surface area contributed by atoms with E-state index in [1.807, 2.05) is 12.3 Å². The molecule has 98 valence electrons. The molecule has 1 heterocycles. The summed E-state index contributed by atoms with van der Waals surface area (Å²) in [5.41, 5.74) is 1.18. The van der Waals surface area contributed by atoms with E-state index < -0.39 is 0 Å².